The first-order valence-corrected chi connectivity index (χ1v) is 7.00. The molecule has 1 rings (SSSR count). The van der Waals surface area contributed by atoms with Crippen LogP contribution in [-0.2, 0) is 0 Å². The van der Waals surface area contributed by atoms with Crippen molar-refractivity contribution in [2.45, 2.75) is 60.7 Å². The van der Waals surface area contributed by atoms with E-state index in [1.165, 1.54) is 13.7 Å². The van der Waals surface area contributed by atoms with Crippen molar-refractivity contribution < 1.29 is 22.0 Å². The molecule has 0 aromatic heterocycles. The van der Waals surface area contributed by atoms with Crippen molar-refractivity contribution >= 4 is 7.85 Å². The number of rotatable bonds is 2. The number of halogens is 5. The first-order chi connectivity index (χ1) is 9.91. The van der Waals surface area contributed by atoms with E-state index in [9.17, 15) is 22.0 Å². The maximum atomic E-state index is 13.1. The van der Waals surface area contributed by atoms with Crippen LogP contribution in [0.3, 0.4) is 0 Å². The van der Waals surface area contributed by atoms with Gasteiger partial charge < -0.3 is 0 Å². The Morgan fingerprint density at radius 3 is 1.19 bits per heavy atom. The highest BCUT2D eigenvalue weighted by molar-refractivity contribution is 6.05. The van der Waals surface area contributed by atoms with Gasteiger partial charge in [0.15, 0.2) is 23.3 Å². The van der Waals surface area contributed by atoms with Crippen LogP contribution in [-0.4, -0.2) is 7.85 Å². The molecule has 1 aromatic carbocycles. The van der Waals surface area contributed by atoms with Crippen molar-refractivity contribution in [1.29, 1.82) is 0 Å². The van der Waals surface area contributed by atoms with Crippen molar-refractivity contribution in [3.63, 3.8) is 0 Å². The predicted molar refractivity (Wildman–Crippen MR) is 79.3 cm³/mol. The lowest BCUT2D eigenvalue weighted by molar-refractivity contribution is 0.364. The molecule has 0 amide bonds. The molecule has 0 fully saturated rings. The zero-order chi connectivity index (χ0) is 17.7. The first kappa shape index (κ1) is 24.9. The Morgan fingerprint density at radius 2 is 0.952 bits per heavy atom. The van der Waals surface area contributed by atoms with Gasteiger partial charge in [-0.1, -0.05) is 48.4 Å². The third-order valence-electron chi connectivity index (χ3n) is 2.35. The SMILES string of the molecule is CC.CC.CCC(C)c1c(F)c(F)c(F)c(F)c1F.[B]C. The highest BCUT2D eigenvalue weighted by Crippen LogP contribution is 2.30. The lowest BCUT2D eigenvalue weighted by Gasteiger charge is -2.12. The molecule has 0 aliphatic rings. The minimum atomic E-state index is -2.11. The Hall–Kier alpha value is -1.07. The van der Waals surface area contributed by atoms with E-state index >= 15 is 0 Å². The van der Waals surface area contributed by atoms with Gasteiger partial charge in [-0.2, -0.15) is 0 Å². The summed E-state index contributed by atoms with van der Waals surface area (Å²) in [5.74, 6) is -10.1. The summed E-state index contributed by atoms with van der Waals surface area (Å²) in [7, 11) is 4.50. The molecule has 1 aromatic rings. The second-order valence-electron chi connectivity index (χ2n) is 3.29. The summed E-state index contributed by atoms with van der Waals surface area (Å²) in [5, 5.41) is 0. The van der Waals surface area contributed by atoms with Crippen LogP contribution in [0.25, 0.3) is 0 Å². The van der Waals surface area contributed by atoms with Gasteiger partial charge in [0.25, 0.3) is 0 Å². The fourth-order valence-corrected chi connectivity index (χ4v) is 1.26. The summed E-state index contributed by atoms with van der Waals surface area (Å²) in [4.78, 5) is 0. The van der Waals surface area contributed by atoms with Gasteiger partial charge in [-0.25, -0.2) is 22.0 Å². The van der Waals surface area contributed by atoms with Crippen LogP contribution in [0.15, 0.2) is 0 Å². The maximum absolute atomic E-state index is 13.1. The molecule has 21 heavy (non-hydrogen) atoms. The normalized spacial score (nSPS) is 10.1. The predicted octanol–water partition coefficient (Wildman–Crippen LogP) is 6.15. The molecule has 0 bridgehead atoms. The van der Waals surface area contributed by atoms with Crippen LogP contribution >= 0.6 is 0 Å². The molecule has 0 aliphatic heterocycles. The summed E-state index contributed by atoms with van der Waals surface area (Å²) < 4.78 is 64.4. The van der Waals surface area contributed by atoms with Gasteiger partial charge in [0.05, 0.1) is 7.85 Å². The Morgan fingerprint density at radius 1 is 0.714 bits per heavy atom. The Bertz CT molecular complexity index is 365. The third kappa shape index (κ3) is 6.49. The van der Waals surface area contributed by atoms with E-state index < -0.39 is 40.6 Å². The lowest BCUT2D eigenvalue weighted by Crippen LogP contribution is -2.09. The zero-order valence-corrected chi connectivity index (χ0v) is 13.8. The molecule has 1 atom stereocenters. The third-order valence-corrected chi connectivity index (χ3v) is 2.35. The van der Waals surface area contributed by atoms with Crippen molar-refractivity contribution in [3.8, 4) is 0 Å². The second-order valence-corrected chi connectivity index (χ2v) is 3.29. The minimum Gasteiger partial charge on any atom is -0.203 e. The highest BCUT2D eigenvalue weighted by Gasteiger charge is 2.27. The van der Waals surface area contributed by atoms with Crippen molar-refractivity contribution in [2.75, 3.05) is 0 Å². The topological polar surface area (TPSA) is 0 Å². The molecule has 2 radical (unpaired) electrons. The molecule has 6 heteroatoms. The van der Waals surface area contributed by atoms with E-state index in [0.717, 1.165) is 0 Å². The van der Waals surface area contributed by atoms with Crippen LogP contribution in [0.1, 0.15) is 59.4 Å². The quantitative estimate of drug-likeness (QED) is 0.266. The standard InChI is InChI=1S/C10H9F5.2C2H6.CH3B/c1-3-4(2)5-6(11)8(13)10(15)9(14)7(5)12;3*1-2/h4H,3H2,1-2H3;2*1-2H3;1H3. The molecule has 122 valence electrons. The van der Waals surface area contributed by atoms with Crippen LogP contribution in [0.4, 0.5) is 22.0 Å². The monoisotopic (exact) mass is 310 g/mol. The molecular formula is C15H24BF5. The van der Waals surface area contributed by atoms with Crippen molar-refractivity contribution in [2.24, 2.45) is 0 Å². The van der Waals surface area contributed by atoms with E-state index in [4.69, 9.17) is 0 Å². The second kappa shape index (κ2) is 13.9. The molecule has 0 aliphatic carbocycles. The highest BCUT2D eigenvalue weighted by atomic mass is 19.2. The smallest absolute Gasteiger partial charge is 0.200 e. The summed E-state index contributed by atoms with van der Waals surface area (Å²) in [6, 6.07) is 0. The Labute approximate surface area is 126 Å². The molecular weight excluding hydrogens is 286 g/mol. The van der Waals surface area contributed by atoms with E-state index in [-0.39, 0.29) is 0 Å². The molecule has 0 nitrogen and oxygen atoms in total. The molecule has 0 saturated heterocycles. The summed E-state index contributed by atoms with van der Waals surface area (Å²) >= 11 is 0. The van der Waals surface area contributed by atoms with Gasteiger partial charge >= 0.3 is 0 Å². The van der Waals surface area contributed by atoms with Crippen LogP contribution in [0, 0.1) is 29.1 Å². The zero-order valence-electron chi connectivity index (χ0n) is 13.8. The fraction of sp³-hybridized carbons (Fsp3) is 0.600. The van der Waals surface area contributed by atoms with Crippen LogP contribution < -0.4 is 0 Å². The summed E-state index contributed by atoms with van der Waals surface area (Å²) in [6.07, 6.45) is 0.290. The van der Waals surface area contributed by atoms with Gasteiger partial charge in [-0.3, -0.25) is 0 Å². The Balaban J connectivity index is -0.000000478. The molecule has 0 spiro atoms. The van der Waals surface area contributed by atoms with Gasteiger partial charge in [-0.05, 0) is 12.3 Å². The molecule has 0 heterocycles. The maximum Gasteiger partial charge on any atom is 0.200 e. The minimum absolute atomic E-state index is 0.290. The van der Waals surface area contributed by atoms with E-state index in [0.29, 0.717) is 6.42 Å². The summed E-state index contributed by atoms with van der Waals surface area (Å²) in [6.45, 7) is 12.5. The molecule has 0 saturated carbocycles. The fourth-order valence-electron chi connectivity index (χ4n) is 1.26. The van der Waals surface area contributed by atoms with E-state index in [1.807, 2.05) is 27.7 Å². The molecule has 0 N–H and O–H groups in total. The molecule has 1 unspecified atom stereocenters. The lowest BCUT2D eigenvalue weighted by atomic mass is 9.97. The van der Waals surface area contributed by atoms with Crippen molar-refractivity contribution in [1.82, 2.24) is 0 Å². The number of hydrogen-bond acceptors (Lipinski definition) is 0. The van der Waals surface area contributed by atoms with Gasteiger partial charge in [0.1, 0.15) is 0 Å². The van der Waals surface area contributed by atoms with E-state index in [2.05, 4.69) is 7.85 Å². The van der Waals surface area contributed by atoms with Crippen LogP contribution in [0.5, 0.6) is 0 Å². The van der Waals surface area contributed by atoms with Gasteiger partial charge in [0, 0.05) is 5.56 Å². The number of hydrogen-bond donors (Lipinski definition) is 0. The summed E-state index contributed by atoms with van der Waals surface area (Å²) in [5.41, 5.74) is -0.742. The first-order valence-electron chi connectivity index (χ1n) is 7.00. The van der Waals surface area contributed by atoms with Gasteiger partial charge in [-0.15, -0.1) is 0 Å². The average molecular weight is 310 g/mol. The Kier molecular flexibility index (Phi) is 16.5. The van der Waals surface area contributed by atoms with E-state index in [1.54, 1.807) is 6.92 Å². The van der Waals surface area contributed by atoms with Crippen LogP contribution in [0.2, 0.25) is 6.82 Å². The largest absolute Gasteiger partial charge is 0.203 e. The van der Waals surface area contributed by atoms with Crippen molar-refractivity contribution in [3.05, 3.63) is 34.6 Å². The van der Waals surface area contributed by atoms with Gasteiger partial charge in [0.2, 0.25) is 5.82 Å². The average Bonchev–Trinajstić information content (AvgIpc) is 2.56. The number of benzene rings is 1.